The lowest BCUT2D eigenvalue weighted by atomic mass is 9.87. The molecule has 2 aromatic heterocycles. The standard InChI is InChI=1S/C13H16N2OS2/c1-8-2-4-9(5-3-8)15-12(16)10-6-7-18-11(10)14-13(15)17/h6-9H,2-5H2,1H3,(H,14,17). The summed E-state index contributed by atoms with van der Waals surface area (Å²) in [6, 6.07) is 2.16. The molecule has 3 rings (SSSR count). The number of aromatic amines is 1. The van der Waals surface area contributed by atoms with Gasteiger partial charge in [0.1, 0.15) is 4.83 Å². The molecule has 0 aromatic carbocycles. The van der Waals surface area contributed by atoms with Crippen LogP contribution in [0.2, 0.25) is 0 Å². The van der Waals surface area contributed by atoms with Crippen LogP contribution in [-0.4, -0.2) is 9.55 Å². The molecule has 1 fully saturated rings. The number of fused-ring (bicyclic) bond motifs is 1. The smallest absolute Gasteiger partial charge is 0.263 e. The van der Waals surface area contributed by atoms with Gasteiger partial charge in [-0.1, -0.05) is 6.92 Å². The van der Waals surface area contributed by atoms with E-state index in [1.807, 2.05) is 11.4 Å². The quantitative estimate of drug-likeness (QED) is 0.805. The Labute approximate surface area is 114 Å². The molecule has 0 aliphatic heterocycles. The van der Waals surface area contributed by atoms with E-state index in [9.17, 15) is 4.79 Å². The van der Waals surface area contributed by atoms with Crippen LogP contribution >= 0.6 is 23.6 Å². The van der Waals surface area contributed by atoms with Crippen molar-refractivity contribution in [2.45, 2.75) is 38.6 Å². The second-order valence-electron chi connectivity index (χ2n) is 5.18. The van der Waals surface area contributed by atoms with Gasteiger partial charge in [0.05, 0.1) is 5.39 Å². The maximum Gasteiger partial charge on any atom is 0.263 e. The largest absolute Gasteiger partial charge is 0.323 e. The molecule has 0 unspecified atom stereocenters. The Morgan fingerprint density at radius 3 is 2.83 bits per heavy atom. The first-order valence-corrected chi connectivity index (χ1v) is 7.67. The van der Waals surface area contributed by atoms with E-state index in [1.165, 1.54) is 24.2 Å². The summed E-state index contributed by atoms with van der Waals surface area (Å²) in [6.45, 7) is 2.28. The predicted octanol–water partition coefficient (Wildman–Crippen LogP) is 3.87. The summed E-state index contributed by atoms with van der Waals surface area (Å²) in [5, 5.41) is 2.71. The number of aromatic nitrogens is 2. The van der Waals surface area contributed by atoms with Crippen molar-refractivity contribution in [3.8, 4) is 0 Å². The molecule has 1 saturated carbocycles. The molecule has 0 radical (unpaired) electrons. The summed E-state index contributed by atoms with van der Waals surface area (Å²) in [5.41, 5.74) is 0.0783. The third kappa shape index (κ3) is 1.95. The van der Waals surface area contributed by atoms with E-state index in [-0.39, 0.29) is 11.6 Å². The number of H-pyrrole nitrogens is 1. The maximum atomic E-state index is 12.5. The lowest BCUT2D eigenvalue weighted by Crippen LogP contribution is -2.28. The molecule has 18 heavy (non-hydrogen) atoms. The van der Waals surface area contributed by atoms with Crippen LogP contribution in [-0.2, 0) is 0 Å². The van der Waals surface area contributed by atoms with Gasteiger partial charge in [-0.2, -0.15) is 0 Å². The van der Waals surface area contributed by atoms with Crippen molar-refractivity contribution in [2.75, 3.05) is 0 Å². The van der Waals surface area contributed by atoms with E-state index in [2.05, 4.69) is 11.9 Å². The van der Waals surface area contributed by atoms with Gasteiger partial charge >= 0.3 is 0 Å². The van der Waals surface area contributed by atoms with Crippen LogP contribution in [0, 0.1) is 10.7 Å². The van der Waals surface area contributed by atoms with Crippen LogP contribution in [0.5, 0.6) is 0 Å². The topological polar surface area (TPSA) is 37.8 Å². The molecule has 2 aromatic rings. The van der Waals surface area contributed by atoms with Crippen molar-refractivity contribution in [2.24, 2.45) is 5.92 Å². The summed E-state index contributed by atoms with van der Waals surface area (Å²) in [7, 11) is 0. The zero-order valence-electron chi connectivity index (χ0n) is 10.3. The SMILES string of the molecule is CC1CCC(n2c(=S)[nH]c3sccc3c2=O)CC1. The summed E-state index contributed by atoms with van der Waals surface area (Å²) in [5.74, 6) is 0.777. The number of hydrogen-bond acceptors (Lipinski definition) is 3. The van der Waals surface area contributed by atoms with Crippen molar-refractivity contribution >= 4 is 33.8 Å². The van der Waals surface area contributed by atoms with Crippen LogP contribution < -0.4 is 5.56 Å². The first kappa shape index (κ1) is 12.1. The van der Waals surface area contributed by atoms with Crippen molar-refractivity contribution in [3.05, 3.63) is 26.6 Å². The molecular weight excluding hydrogens is 264 g/mol. The van der Waals surface area contributed by atoms with Gasteiger partial charge < -0.3 is 4.98 Å². The second kappa shape index (κ2) is 4.63. The van der Waals surface area contributed by atoms with Gasteiger partial charge in [0.15, 0.2) is 4.77 Å². The van der Waals surface area contributed by atoms with Crippen molar-refractivity contribution in [3.63, 3.8) is 0 Å². The van der Waals surface area contributed by atoms with Gasteiger partial charge in [0, 0.05) is 6.04 Å². The third-order valence-electron chi connectivity index (χ3n) is 3.90. The van der Waals surface area contributed by atoms with Gasteiger partial charge in [-0.15, -0.1) is 11.3 Å². The molecular formula is C13H16N2OS2. The van der Waals surface area contributed by atoms with Crippen molar-refractivity contribution < 1.29 is 0 Å². The Bertz CT molecular complexity index is 674. The van der Waals surface area contributed by atoms with E-state index in [1.54, 1.807) is 4.57 Å². The summed E-state index contributed by atoms with van der Waals surface area (Å²) < 4.78 is 2.38. The molecule has 3 nitrogen and oxygen atoms in total. The molecule has 1 N–H and O–H groups in total. The average molecular weight is 280 g/mol. The Morgan fingerprint density at radius 1 is 1.39 bits per heavy atom. The van der Waals surface area contributed by atoms with E-state index in [0.29, 0.717) is 4.77 Å². The van der Waals surface area contributed by atoms with Crippen LogP contribution in [0.25, 0.3) is 10.2 Å². The molecule has 1 aliphatic rings. The molecule has 0 saturated heterocycles. The number of rotatable bonds is 1. The molecule has 2 heterocycles. The van der Waals surface area contributed by atoms with Crippen molar-refractivity contribution in [1.82, 2.24) is 9.55 Å². The fourth-order valence-corrected chi connectivity index (χ4v) is 3.96. The zero-order valence-corrected chi connectivity index (χ0v) is 11.9. The number of hydrogen-bond donors (Lipinski definition) is 1. The van der Waals surface area contributed by atoms with Crippen LogP contribution in [0.4, 0.5) is 0 Å². The van der Waals surface area contributed by atoms with Gasteiger partial charge in [-0.25, -0.2) is 0 Å². The monoisotopic (exact) mass is 280 g/mol. The van der Waals surface area contributed by atoms with Gasteiger partial charge in [0.2, 0.25) is 0 Å². The third-order valence-corrected chi connectivity index (χ3v) is 5.03. The highest BCUT2D eigenvalue weighted by Gasteiger charge is 2.22. The zero-order chi connectivity index (χ0) is 12.7. The molecule has 0 spiro atoms. The first-order valence-electron chi connectivity index (χ1n) is 6.39. The number of thiophene rings is 1. The van der Waals surface area contributed by atoms with E-state index >= 15 is 0 Å². The van der Waals surface area contributed by atoms with Gasteiger partial charge in [-0.3, -0.25) is 9.36 Å². The second-order valence-corrected chi connectivity index (χ2v) is 6.49. The lowest BCUT2D eigenvalue weighted by molar-refractivity contribution is 0.282. The Balaban J connectivity index is 2.11. The minimum absolute atomic E-state index is 0.0783. The highest BCUT2D eigenvalue weighted by molar-refractivity contribution is 7.71. The van der Waals surface area contributed by atoms with Crippen LogP contribution in [0.15, 0.2) is 16.2 Å². The lowest BCUT2D eigenvalue weighted by Gasteiger charge is -2.27. The Morgan fingerprint density at radius 2 is 2.11 bits per heavy atom. The molecule has 0 bridgehead atoms. The maximum absolute atomic E-state index is 12.5. The van der Waals surface area contributed by atoms with E-state index in [4.69, 9.17) is 12.2 Å². The molecule has 0 amide bonds. The first-order chi connectivity index (χ1) is 8.66. The van der Waals surface area contributed by atoms with Crippen LogP contribution in [0.3, 0.4) is 0 Å². The average Bonchev–Trinajstić information content (AvgIpc) is 2.80. The molecule has 5 heteroatoms. The van der Waals surface area contributed by atoms with Crippen LogP contribution in [0.1, 0.15) is 38.6 Å². The van der Waals surface area contributed by atoms with E-state index < -0.39 is 0 Å². The molecule has 1 aliphatic carbocycles. The fraction of sp³-hybridized carbons (Fsp3) is 0.538. The predicted molar refractivity (Wildman–Crippen MR) is 77.9 cm³/mol. The molecule has 96 valence electrons. The highest BCUT2D eigenvalue weighted by Crippen LogP contribution is 2.31. The minimum atomic E-state index is 0.0783. The summed E-state index contributed by atoms with van der Waals surface area (Å²) >= 11 is 6.89. The van der Waals surface area contributed by atoms with Crippen molar-refractivity contribution in [1.29, 1.82) is 0 Å². The number of nitrogens with zero attached hydrogens (tertiary/aromatic N) is 1. The molecule has 0 atom stereocenters. The van der Waals surface area contributed by atoms with Gasteiger partial charge in [-0.05, 0) is 55.3 Å². The minimum Gasteiger partial charge on any atom is -0.323 e. The highest BCUT2D eigenvalue weighted by atomic mass is 32.1. The summed E-state index contributed by atoms with van der Waals surface area (Å²) in [4.78, 5) is 16.6. The fourth-order valence-electron chi connectivity index (χ4n) is 2.79. The Kier molecular flexibility index (Phi) is 3.11. The summed E-state index contributed by atoms with van der Waals surface area (Å²) in [6.07, 6.45) is 4.50. The number of nitrogens with one attached hydrogen (secondary N) is 1. The normalized spacial score (nSPS) is 24.5. The van der Waals surface area contributed by atoms with E-state index in [0.717, 1.165) is 29.0 Å². The van der Waals surface area contributed by atoms with Gasteiger partial charge in [0.25, 0.3) is 5.56 Å². The Hall–Kier alpha value is -0.940.